The SMILES string of the molecule is C=CBr.C=CC=C. The van der Waals surface area contributed by atoms with Gasteiger partial charge in [-0.1, -0.05) is 47.8 Å². The molecule has 0 aliphatic carbocycles. The summed E-state index contributed by atoms with van der Waals surface area (Å²) in [6, 6.07) is 0. The first kappa shape index (κ1) is 9.85. The minimum atomic E-state index is 1.56. The van der Waals surface area contributed by atoms with Crippen molar-refractivity contribution in [2.24, 2.45) is 0 Å². The molecular weight excluding hydrogens is 152 g/mol. The van der Waals surface area contributed by atoms with Crippen LogP contribution in [0.1, 0.15) is 0 Å². The summed E-state index contributed by atoms with van der Waals surface area (Å²) in [5.41, 5.74) is 0. The van der Waals surface area contributed by atoms with E-state index in [4.69, 9.17) is 0 Å². The van der Waals surface area contributed by atoms with Crippen LogP contribution < -0.4 is 0 Å². The van der Waals surface area contributed by atoms with E-state index < -0.39 is 0 Å². The van der Waals surface area contributed by atoms with Crippen LogP contribution in [0.5, 0.6) is 0 Å². The average molecular weight is 161 g/mol. The minimum absolute atomic E-state index is 1.56. The Morgan fingerprint density at radius 2 is 1.14 bits per heavy atom. The zero-order chi connectivity index (χ0) is 6.12. The zero-order valence-electron chi connectivity index (χ0n) is 4.23. The van der Waals surface area contributed by atoms with Crippen molar-refractivity contribution < 1.29 is 0 Å². The van der Waals surface area contributed by atoms with Gasteiger partial charge in [0.25, 0.3) is 0 Å². The zero-order valence-corrected chi connectivity index (χ0v) is 5.82. The van der Waals surface area contributed by atoms with Crippen LogP contribution in [0.3, 0.4) is 0 Å². The second kappa shape index (κ2) is 17.3. The highest BCUT2D eigenvalue weighted by Crippen LogP contribution is 1.68. The molecule has 0 aromatic carbocycles. The lowest BCUT2D eigenvalue weighted by Gasteiger charge is -1.44. The topological polar surface area (TPSA) is 0 Å². The van der Waals surface area contributed by atoms with Crippen LogP contribution in [0, 0.1) is 0 Å². The Balaban J connectivity index is 0. The normalized spacial score (nSPS) is 4.71. The summed E-state index contributed by atoms with van der Waals surface area (Å²) in [6.07, 6.45) is 3.28. The molecule has 0 aromatic rings. The first-order valence-electron chi connectivity index (χ1n) is 1.78. The monoisotopic (exact) mass is 160 g/mol. The van der Waals surface area contributed by atoms with E-state index in [-0.39, 0.29) is 0 Å². The van der Waals surface area contributed by atoms with E-state index in [2.05, 4.69) is 35.7 Å². The molecule has 0 nitrogen and oxygen atoms in total. The molecule has 0 heterocycles. The van der Waals surface area contributed by atoms with Crippen molar-refractivity contribution in [3.8, 4) is 0 Å². The van der Waals surface area contributed by atoms with E-state index in [9.17, 15) is 0 Å². The Labute approximate surface area is 53.4 Å². The minimum Gasteiger partial charge on any atom is -0.0991 e. The van der Waals surface area contributed by atoms with Gasteiger partial charge in [-0.15, -0.1) is 0 Å². The Morgan fingerprint density at radius 3 is 1.14 bits per heavy atom. The van der Waals surface area contributed by atoms with Crippen LogP contribution >= 0.6 is 15.9 Å². The third-order valence-corrected chi connectivity index (χ3v) is 0.167. The maximum atomic E-state index is 3.36. The molecule has 0 rings (SSSR count). The summed E-state index contributed by atoms with van der Waals surface area (Å²) in [6.45, 7) is 10.0. The predicted molar refractivity (Wildman–Crippen MR) is 39.5 cm³/mol. The van der Waals surface area contributed by atoms with Crippen molar-refractivity contribution in [2.75, 3.05) is 0 Å². The molecule has 0 saturated carbocycles. The molecule has 40 valence electrons. The highest BCUT2D eigenvalue weighted by Gasteiger charge is 1.29. The van der Waals surface area contributed by atoms with E-state index >= 15 is 0 Å². The van der Waals surface area contributed by atoms with E-state index in [0.29, 0.717) is 0 Å². The third kappa shape index (κ3) is 159. The van der Waals surface area contributed by atoms with Crippen molar-refractivity contribution in [2.45, 2.75) is 0 Å². The summed E-state index contributed by atoms with van der Waals surface area (Å²) < 4.78 is 0. The quantitative estimate of drug-likeness (QED) is 0.518. The summed E-state index contributed by atoms with van der Waals surface area (Å²) in [7, 11) is 0. The number of hydrogen-bond donors (Lipinski definition) is 0. The van der Waals surface area contributed by atoms with Crippen molar-refractivity contribution >= 4 is 15.9 Å². The summed E-state index contributed by atoms with van der Waals surface area (Å²) in [5, 5.41) is 0. The van der Waals surface area contributed by atoms with Gasteiger partial charge in [-0.05, 0) is 4.99 Å². The van der Waals surface area contributed by atoms with Crippen LogP contribution in [0.25, 0.3) is 0 Å². The second-order valence-corrected chi connectivity index (χ2v) is 1.27. The molecular formula is C6H9Br. The number of halogens is 1. The molecule has 0 aliphatic rings. The van der Waals surface area contributed by atoms with Gasteiger partial charge < -0.3 is 0 Å². The van der Waals surface area contributed by atoms with Gasteiger partial charge in [-0.3, -0.25) is 0 Å². The molecule has 0 spiro atoms. The number of allylic oxidation sites excluding steroid dienone is 2. The Hall–Kier alpha value is -0.300. The molecule has 0 aromatic heterocycles. The van der Waals surface area contributed by atoms with Gasteiger partial charge in [0, 0.05) is 0 Å². The van der Waals surface area contributed by atoms with Crippen molar-refractivity contribution in [1.29, 1.82) is 0 Å². The fourth-order valence-corrected chi connectivity index (χ4v) is 0. The molecule has 0 saturated heterocycles. The Morgan fingerprint density at radius 1 is 1.00 bits per heavy atom. The maximum Gasteiger partial charge on any atom is -0.0261 e. The van der Waals surface area contributed by atoms with Gasteiger partial charge in [0.15, 0.2) is 0 Å². The van der Waals surface area contributed by atoms with Crippen LogP contribution in [0.4, 0.5) is 0 Å². The van der Waals surface area contributed by atoms with Crippen molar-refractivity contribution in [3.05, 3.63) is 36.9 Å². The predicted octanol–water partition coefficient (Wildman–Crippen LogP) is 2.88. The van der Waals surface area contributed by atoms with Gasteiger partial charge in [0.1, 0.15) is 0 Å². The molecule has 1 heteroatoms. The van der Waals surface area contributed by atoms with Crippen molar-refractivity contribution in [3.63, 3.8) is 0 Å². The molecule has 0 aliphatic heterocycles. The fraction of sp³-hybridized carbons (Fsp3) is 0. The second-order valence-electron chi connectivity index (χ2n) is 0.626. The average Bonchev–Trinajstić information content (AvgIpc) is 1.69. The van der Waals surface area contributed by atoms with Crippen LogP contribution in [-0.2, 0) is 0 Å². The van der Waals surface area contributed by atoms with Gasteiger partial charge in [-0.25, -0.2) is 0 Å². The van der Waals surface area contributed by atoms with Gasteiger partial charge in [-0.2, -0.15) is 0 Å². The van der Waals surface area contributed by atoms with Crippen LogP contribution in [0.15, 0.2) is 36.9 Å². The molecule has 0 atom stereocenters. The molecule has 0 unspecified atom stereocenters. The highest BCUT2D eigenvalue weighted by molar-refractivity contribution is 9.11. The van der Waals surface area contributed by atoms with E-state index in [1.807, 2.05) is 0 Å². The van der Waals surface area contributed by atoms with Gasteiger partial charge >= 0.3 is 0 Å². The molecule has 0 fully saturated rings. The lowest BCUT2D eigenvalue weighted by molar-refractivity contribution is 2.15. The van der Waals surface area contributed by atoms with Gasteiger partial charge in [0.2, 0.25) is 0 Å². The highest BCUT2D eigenvalue weighted by atomic mass is 79.9. The molecule has 0 radical (unpaired) electrons. The van der Waals surface area contributed by atoms with E-state index in [1.165, 1.54) is 0 Å². The lowest BCUT2D eigenvalue weighted by Crippen LogP contribution is -1.21. The smallest absolute Gasteiger partial charge is 0.0261 e. The molecule has 0 amide bonds. The standard InChI is InChI=1S/C4H6.C2H3Br/c1-3-4-2;1-2-3/h3-4H,1-2H2;2H,1H2. The van der Waals surface area contributed by atoms with Crippen LogP contribution in [-0.4, -0.2) is 0 Å². The first-order valence-corrected chi connectivity index (χ1v) is 2.69. The van der Waals surface area contributed by atoms with E-state index in [1.54, 1.807) is 17.1 Å². The Bertz CT molecular complexity index is 49.2. The largest absolute Gasteiger partial charge is 0.0991 e. The first-order chi connectivity index (χ1) is 3.33. The summed E-state index contributed by atoms with van der Waals surface area (Å²) in [5.74, 6) is 0. The maximum absolute atomic E-state index is 3.36. The molecule has 0 bridgehead atoms. The fourth-order valence-electron chi connectivity index (χ4n) is 0. The summed E-state index contributed by atoms with van der Waals surface area (Å²) >= 11 is 2.91. The van der Waals surface area contributed by atoms with E-state index in [0.717, 1.165) is 0 Å². The molecule has 7 heavy (non-hydrogen) atoms. The number of hydrogen-bond acceptors (Lipinski definition) is 0. The Kier molecular flexibility index (Phi) is 24.3. The van der Waals surface area contributed by atoms with Crippen LogP contribution in [0.2, 0.25) is 0 Å². The molecule has 0 N–H and O–H groups in total. The van der Waals surface area contributed by atoms with Gasteiger partial charge in [0.05, 0.1) is 0 Å². The number of rotatable bonds is 1. The lowest BCUT2D eigenvalue weighted by atomic mass is 10.6. The summed E-state index contributed by atoms with van der Waals surface area (Å²) in [4.78, 5) is 1.56. The van der Waals surface area contributed by atoms with Crippen molar-refractivity contribution in [1.82, 2.24) is 0 Å². The third-order valence-electron chi connectivity index (χ3n) is 0.167.